The minimum Gasteiger partial charge on any atom is -0.493 e. The van der Waals surface area contributed by atoms with E-state index < -0.39 is 43.4 Å². The molecule has 25 heavy (non-hydrogen) atoms. The van der Waals surface area contributed by atoms with E-state index in [2.05, 4.69) is 0 Å². The summed E-state index contributed by atoms with van der Waals surface area (Å²) in [7, 11) is 0. The third-order valence-electron chi connectivity index (χ3n) is 3.50. The summed E-state index contributed by atoms with van der Waals surface area (Å²) in [5, 5.41) is 0. The topological polar surface area (TPSA) is 9.23 Å². The summed E-state index contributed by atoms with van der Waals surface area (Å²) in [5.41, 5.74) is 1.25. The fourth-order valence-corrected chi connectivity index (χ4v) is 2.06. The van der Waals surface area contributed by atoms with Crippen LogP contribution in [-0.4, -0.2) is 30.6 Å². The first-order valence-electron chi connectivity index (χ1n) is 7.04. The van der Waals surface area contributed by atoms with Gasteiger partial charge in [0.15, 0.2) is 0 Å². The van der Waals surface area contributed by atoms with Crippen LogP contribution in [0.2, 0.25) is 0 Å². The van der Waals surface area contributed by atoms with Crippen molar-refractivity contribution in [2.45, 2.75) is 50.6 Å². The molecule has 0 N–H and O–H groups in total. The molecule has 0 atom stereocenters. The Balaban J connectivity index is 2.75. The Morgan fingerprint density at radius 2 is 1.28 bits per heavy atom. The maximum Gasteiger partial charge on any atom is 0.460 e. The monoisotopic (exact) mass is 382 g/mol. The van der Waals surface area contributed by atoms with E-state index in [0.29, 0.717) is 16.9 Å². The van der Waals surface area contributed by atoms with Gasteiger partial charge in [-0.1, -0.05) is 18.2 Å². The average molecular weight is 382 g/mol. The molecule has 0 unspecified atom stereocenters. The molecule has 0 radical (unpaired) electrons. The van der Waals surface area contributed by atoms with E-state index in [1.54, 1.807) is 32.0 Å². The first kappa shape index (κ1) is 21.4. The molecule has 10 heteroatoms. The number of benzene rings is 1. The standard InChI is InChI=1S/C15H15F9O/c1-9-5-3-6-10(2)11(9)25-8-4-7-12(16,17)13(18,19)14(20,21)15(22,23)24/h3,5-6H,4,7-8H2,1-2H3. The molecular weight excluding hydrogens is 367 g/mol. The Bertz CT molecular complexity index is 573. The summed E-state index contributed by atoms with van der Waals surface area (Å²) in [5.74, 6) is -18.7. The molecule has 1 aromatic rings. The Hall–Kier alpha value is -1.61. The second kappa shape index (κ2) is 6.95. The van der Waals surface area contributed by atoms with Gasteiger partial charge in [-0.3, -0.25) is 0 Å². The van der Waals surface area contributed by atoms with Gasteiger partial charge in [-0.15, -0.1) is 0 Å². The van der Waals surface area contributed by atoms with Crippen molar-refractivity contribution in [3.8, 4) is 5.75 Å². The van der Waals surface area contributed by atoms with Crippen molar-refractivity contribution in [2.24, 2.45) is 0 Å². The smallest absolute Gasteiger partial charge is 0.460 e. The van der Waals surface area contributed by atoms with Gasteiger partial charge in [0.05, 0.1) is 6.61 Å². The van der Waals surface area contributed by atoms with Gasteiger partial charge in [-0.05, 0) is 31.4 Å². The maximum absolute atomic E-state index is 13.3. The lowest BCUT2D eigenvalue weighted by atomic mass is 10.00. The highest BCUT2D eigenvalue weighted by Gasteiger charge is 2.81. The number of alkyl halides is 9. The van der Waals surface area contributed by atoms with Gasteiger partial charge in [-0.2, -0.15) is 39.5 Å². The van der Waals surface area contributed by atoms with E-state index >= 15 is 0 Å². The summed E-state index contributed by atoms with van der Waals surface area (Å²) < 4.78 is 119. The van der Waals surface area contributed by atoms with Crippen LogP contribution in [0.25, 0.3) is 0 Å². The zero-order valence-corrected chi connectivity index (χ0v) is 13.2. The molecule has 1 aromatic carbocycles. The zero-order valence-electron chi connectivity index (χ0n) is 13.2. The summed E-state index contributed by atoms with van der Waals surface area (Å²) in [6, 6.07) is 4.95. The fraction of sp³-hybridized carbons (Fsp3) is 0.600. The summed E-state index contributed by atoms with van der Waals surface area (Å²) in [4.78, 5) is 0. The number of aryl methyl sites for hydroxylation is 2. The lowest BCUT2D eigenvalue weighted by Crippen LogP contribution is -2.60. The van der Waals surface area contributed by atoms with Crippen molar-refractivity contribution in [1.29, 1.82) is 0 Å². The lowest BCUT2D eigenvalue weighted by Gasteiger charge is -2.33. The Kier molecular flexibility index (Phi) is 5.96. The molecule has 0 fully saturated rings. The third kappa shape index (κ3) is 4.14. The number of hydrogen-bond donors (Lipinski definition) is 0. The molecule has 0 saturated heterocycles. The second-order valence-corrected chi connectivity index (χ2v) is 5.52. The predicted molar refractivity (Wildman–Crippen MR) is 71.5 cm³/mol. The van der Waals surface area contributed by atoms with Gasteiger partial charge in [0.1, 0.15) is 5.75 Å². The number of hydrogen-bond acceptors (Lipinski definition) is 1. The minimum absolute atomic E-state index is 0.304. The van der Waals surface area contributed by atoms with Gasteiger partial charge in [0, 0.05) is 6.42 Å². The largest absolute Gasteiger partial charge is 0.493 e. The van der Waals surface area contributed by atoms with E-state index in [1.807, 2.05) is 0 Å². The highest BCUT2D eigenvalue weighted by atomic mass is 19.4. The molecule has 144 valence electrons. The molecule has 0 heterocycles. The van der Waals surface area contributed by atoms with Gasteiger partial charge >= 0.3 is 23.9 Å². The molecule has 0 aromatic heterocycles. The van der Waals surface area contributed by atoms with E-state index in [1.165, 1.54) is 0 Å². The lowest BCUT2D eigenvalue weighted by molar-refractivity contribution is -0.396. The Morgan fingerprint density at radius 1 is 0.800 bits per heavy atom. The maximum atomic E-state index is 13.3. The first-order valence-corrected chi connectivity index (χ1v) is 7.04. The Labute approximate surface area is 137 Å². The van der Waals surface area contributed by atoms with Crippen molar-refractivity contribution >= 4 is 0 Å². The molecule has 1 nitrogen and oxygen atoms in total. The van der Waals surface area contributed by atoms with Crippen molar-refractivity contribution in [3.05, 3.63) is 29.3 Å². The second-order valence-electron chi connectivity index (χ2n) is 5.52. The number of para-hydroxylation sites is 1. The molecule has 0 aliphatic carbocycles. The number of ether oxygens (including phenoxy) is 1. The van der Waals surface area contributed by atoms with Crippen molar-refractivity contribution in [2.75, 3.05) is 6.61 Å². The fourth-order valence-electron chi connectivity index (χ4n) is 2.06. The highest BCUT2D eigenvalue weighted by molar-refractivity contribution is 5.39. The van der Waals surface area contributed by atoms with Crippen LogP contribution in [0.15, 0.2) is 18.2 Å². The zero-order chi connectivity index (χ0) is 19.7. The Morgan fingerprint density at radius 3 is 1.72 bits per heavy atom. The van der Waals surface area contributed by atoms with Gasteiger partial charge in [0.2, 0.25) is 0 Å². The SMILES string of the molecule is Cc1cccc(C)c1OCCCC(F)(F)C(F)(F)C(F)(F)C(F)(F)F. The van der Waals surface area contributed by atoms with Crippen molar-refractivity contribution < 1.29 is 44.3 Å². The van der Waals surface area contributed by atoms with Crippen LogP contribution in [0.4, 0.5) is 39.5 Å². The van der Waals surface area contributed by atoms with Crippen LogP contribution in [0, 0.1) is 13.8 Å². The molecule has 0 spiro atoms. The van der Waals surface area contributed by atoms with Gasteiger partial charge in [0.25, 0.3) is 0 Å². The summed E-state index contributed by atoms with van der Waals surface area (Å²) in [6.45, 7) is 2.72. The number of halogens is 9. The molecule has 0 aliphatic heterocycles. The van der Waals surface area contributed by atoms with Crippen LogP contribution >= 0.6 is 0 Å². The van der Waals surface area contributed by atoms with Gasteiger partial charge < -0.3 is 4.74 Å². The molecule has 0 aliphatic rings. The molecule has 0 saturated carbocycles. The molecular formula is C15H15F9O. The highest BCUT2D eigenvalue weighted by Crippen LogP contribution is 2.54. The van der Waals surface area contributed by atoms with Crippen LogP contribution < -0.4 is 4.74 Å². The van der Waals surface area contributed by atoms with Crippen LogP contribution in [-0.2, 0) is 0 Å². The molecule has 1 rings (SSSR count). The molecule has 0 bridgehead atoms. The first-order chi connectivity index (χ1) is 11.1. The minimum atomic E-state index is -6.85. The summed E-state index contributed by atoms with van der Waals surface area (Å²) >= 11 is 0. The van der Waals surface area contributed by atoms with Crippen LogP contribution in [0.3, 0.4) is 0 Å². The quantitative estimate of drug-likeness (QED) is 0.420. The van der Waals surface area contributed by atoms with E-state index in [4.69, 9.17) is 4.74 Å². The molecule has 0 amide bonds. The number of rotatable bonds is 7. The van der Waals surface area contributed by atoms with E-state index in [0.717, 1.165) is 0 Å². The third-order valence-corrected chi connectivity index (χ3v) is 3.50. The normalized spacial score (nSPS) is 13.9. The van der Waals surface area contributed by atoms with Gasteiger partial charge in [-0.25, -0.2) is 0 Å². The van der Waals surface area contributed by atoms with E-state index in [9.17, 15) is 39.5 Å². The predicted octanol–water partition coefficient (Wildman–Crippen LogP) is 5.93. The van der Waals surface area contributed by atoms with Crippen LogP contribution in [0.5, 0.6) is 5.75 Å². The van der Waals surface area contributed by atoms with Crippen LogP contribution in [0.1, 0.15) is 24.0 Å². The van der Waals surface area contributed by atoms with Crippen molar-refractivity contribution in [1.82, 2.24) is 0 Å². The van der Waals surface area contributed by atoms with Crippen molar-refractivity contribution in [3.63, 3.8) is 0 Å². The summed E-state index contributed by atoms with van der Waals surface area (Å²) in [6.07, 6.45) is -9.53. The average Bonchev–Trinajstić information content (AvgIpc) is 2.44. The van der Waals surface area contributed by atoms with E-state index in [-0.39, 0.29) is 0 Å².